The van der Waals surface area contributed by atoms with Crippen molar-refractivity contribution >= 4 is 11.9 Å². The first-order chi connectivity index (χ1) is 11.6. The normalized spacial score (nSPS) is 9.67. The van der Waals surface area contributed by atoms with Crippen LogP contribution in [0.3, 0.4) is 0 Å². The van der Waals surface area contributed by atoms with E-state index in [0.29, 0.717) is 16.9 Å². The Labute approximate surface area is 139 Å². The molecule has 0 aromatic heterocycles. The minimum absolute atomic E-state index is 0.0591. The van der Waals surface area contributed by atoms with Gasteiger partial charge in [0, 0.05) is 0 Å². The second-order valence-electron chi connectivity index (χ2n) is 4.75. The Kier molecular flexibility index (Phi) is 5.92. The topological polar surface area (TPSA) is 85.6 Å². The minimum Gasteiger partial charge on any atom is -0.481 e. The van der Waals surface area contributed by atoms with E-state index in [2.05, 4.69) is 4.74 Å². The zero-order chi connectivity index (χ0) is 17.4. The van der Waals surface area contributed by atoms with E-state index in [0.717, 1.165) is 5.56 Å². The van der Waals surface area contributed by atoms with E-state index in [9.17, 15) is 9.59 Å². The van der Waals surface area contributed by atoms with Gasteiger partial charge in [-0.05, 0) is 29.8 Å². The van der Waals surface area contributed by atoms with Crippen LogP contribution in [-0.2, 0) is 20.9 Å². The molecule has 0 bridgehead atoms. The van der Waals surface area contributed by atoms with Crippen LogP contribution < -0.4 is 4.74 Å². The number of ether oxygens (including phenoxy) is 3. The summed E-state index contributed by atoms with van der Waals surface area (Å²) in [6, 6.07) is 15.1. The van der Waals surface area contributed by atoms with Gasteiger partial charge in [0.2, 0.25) is 0 Å². The summed E-state index contributed by atoms with van der Waals surface area (Å²) < 4.78 is 15.0. The smallest absolute Gasteiger partial charge is 0.344 e. The van der Waals surface area contributed by atoms with Gasteiger partial charge in [-0.3, -0.25) is 0 Å². The average Bonchev–Trinajstić information content (AvgIpc) is 2.64. The minimum atomic E-state index is -0.556. The van der Waals surface area contributed by atoms with Crippen molar-refractivity contribution in [3.8, 4) is 11.8 Å². The van der Waals surface area contributed by atoms with Crippen molar-refractivity contribution in [1.82, 2.24) is 0 Å². The lowest BCUT2D eigenvalue weighted by molar-refractivity contribution is -0.147. The third-order valence-corrected chi connectivity index (χ3v) is 3.13. The van der Waals surface area contributed by atoms with Crippen LogP contribution in [0.5, 0.6) is 5.75 Å². The average molecular weight is 325 g/mol. The van der Waals surface area contributed by atoms with E-state index in [1.165, 1.54) is 7.11 Å². The molecule has 6 heteroatoms. The van der Waals surface area contributed by atoms with Gasteiger partial charge in [-0.1, -0.05) is 24.3 Å². The standard InChI is InChI=1S/C18H15NO5/c1-22-18(21)14-8-6-13(7-9-14)11-24-17(20)12-23-16-5-3-2-4-15(16)10-19/h2-9H,11-12H2,1H3. The van der Waals surface area contributed by atoms with E-state index in [4.69, 9.17) is 14.7 Å². The molecule has 2 aromatic carbocycles. The van der Waals surface area contributed by atoms with Crippen molar-refractivity contribution in [1.29, 1.82) is 5.26 Å². The van der Waals surface area contributed by atoms with Crippen molar-refractivity contribution in [2.45, 2.75) is 6.61 Å². The molecule has 0 saturated carbocycles. The van der Waals surface area contributed by atoms with Crippen LogP contribution >= 0.6 is 0 Å². The zero-order valence-corrected chi connectivity index (χ0v) is 13.0. The Morgan fingerprint density at radius 2 is 1.79 bits per heavy atom. The molecule has 0 radical (unpaired) electrons. The molecular weight excluding hydrogens is 310 g/mol. The van der Waals surface area contributed by atoms with E-state index >= 15 is 0 Å². The van der Waals surface area contributed by atoms with Crippen LogP contribution in [0.4, 0.5) is 0 Å². The van der Waals surface area contributed by atoms with Crippen LogP contribution in [0.15, 0.2) is 48.5 Å². The summed E-state index contributed by atoms with van der Waals surface area (Å²) in [5.74, 6) is -0.651. The van der Waals surface area contributed by atoms with Crippen molar-refractivity contribution < 1.29 is 23.8 Å². The molecule has 122 valence electrons. The molecule has 0 fully saturated rings. The number of benzene rings is 2. The fourth-order valence-corrected chi connectivity index (χ4v) is 1.88. The molecular formula is C18H15NO5. The summed E-state index contributed by atoms with van der Waals surface area (Å²) >= 11 is 0. The van der Waals surface area contributed by atoms with Crippen molar-refractivity contribution in [3.63, 3.8) is 0 Å². The fraction of sp³-hybridized carbons (Fsp3) is 0.167. The lowest BCUT2D eigenvalue weighted by atomic mass is 10.1. The molecule has 24 heavy (non-hydrogen) atoms. The monoisotopic (exact) mass is 325 g/mol. The molecule has 0 amide bonds. The second kappa shape index (κ2) is 8.34. The van der Waals surface area contributed by atoms with Crippen LogP contribution in [0.25, 0.3) is 0 Å². The number of nitrogens with zero attached hydrogens (tertiary/aromatic N) is 1. The highest BCUT2D eigenvalue weighted by Crippen LogP contribution is 2.16. The number of carbonyl (C=O) groups is 2. The maximum Gasteiger partial charge on any atom is 0.344 e. The predicted octanol–water partition coefficient (Wildman–Crippen LogP) is 2.47. The highest BCUT2D eigenvalue weighted by Gasteiger charge is 2.09. The molecule has 6 nitrogen and oxygen atoms in total. The third kappa shape index (κ3) is 4.58. The molecule has 0 atom stereocenters. The highest BCUT2D eigenvalue weighted by molar-refractivity contribution is 5.89. The summed E-state index contributed by atoms with van der Waals surface area (Å²) in [5.41, 5.74) is 1.50. The van der Waals surface area contributed by atoms with Gasteiger partial charge in [-0.15, -0.1) is 0 Å². The summed E-state index contributed by atoms with van der Waals surface area (Å²) in [6.07, 6.45) is 0. The maximum atomic E-state index is 11.7. The van der Waals surface area contributed by atoms with Gasteiger partial charge >= 0.3 is 11.9 Å². The summed E-state index contributed by atoms with van der Waals surface area (Å²) in [7, 11) is 1.31. The van der Waals surface area contributed by atoms with Gasteiger partial charge in [0.1, 0.15) is 18.4 Å². The Balaban J connectivity index is 1.83. The quantitative estimate of drug-likeness (QED) is 0.758. The summed E-state index contributed by atoms with van der Waals surface area (Å²) in [5, 5.41) is 8.94. The van der Waals surface area contributed by atoms with Crippen molar-refractivity contribution in [2.24, 2.45) is 0 Å². The number of esters is 2. The number of para-hydroxylation sites is 1. The maximum absolute atomic E-state index is 11.7. The highest BCUT2D eigenvalue weighted by atomic mass is 16.6. The molecule has 0 spiro atoms. The van der Waals surface area contributed by atoms with Gasteiger partial charge < -0.3 is 14.2 Å². The first kappa shape index (κ1) is 17.0. The van der Waals surface area contributed by atoms with E-state index in [1.807, 2.05) is 6.07 Å². The Morgan fingerprint density at radius 1 is 1.08 bits per heavy atom. The van der Waals surface area contributed by atoms with Gasteiger partial charge in [-0.25, -0.2) is 9.59 Å². The third-order valence-electron chi connectivity index (χ3n) is 3.13. The first-order valence-corrected chi connectivity index (χ1v) is 7.09. The van der Waals surface area contributed by atoms with Crippen LogP contribution in [0.2, 0.25) is 0 Å². The number of carbonyl (C=O) groups excluding carboxylic acids is 2. The number of rotatable bonds is 6. The summed E-state index contributed by atoms with van der Waals surface area (Å²) in [6.45, 7) is -0.234. The summed E-state index contributed by atoms with van der Waals surface area (Å²) in [4.78, 5) is 23.0. The van der Waals surface area contributed by atoms with Crippen LogP contribution in [0, 0.1) is 11.3 Å². The number of hydrogen-bond donors (Lipinski definition) is 0. The number of methoxy groups -OCH3 is 1. The van der Waals surface area contributed by atoms with Crippen molar-refractivity contribution in [3.05, 3.63) is 65.2 Å². The fourth-order valence-electron chi connectivity index (χ4n) is 1.88. The molecule has 0 N–H and O–H groups in total. The van der Waals surface area contributed by atoms with Crippen molar-refractivity contribution in [2.75, 3.05) is 13.7 Å². The molecule has 0 aliphatic rings. The largest absolute Gasteiger partial charge is 0.481 e. The first-order valence-electron chi connectivity index (χ1n) is 7.09. The molecule has 0 heterocycles. The van der Waals surface area contributed by atoms with Gasteiger partial charge in [-0.2, -0.15) is 5.26 Å². The van der Waals surface area contributed by atoms with Gasteiger partial charge in [0.15, 0.2) is 6.61 Å². The van der Waals surface area contributed by atoms with E-state index in [-0.39, 0.29) is 13.2 Å². The lowest BCUT2D eigenvalue weighted by Gasteiger charge is -2.08. The predicted molar refractivity (Wildman–Crippen MR) is 84.2 cm³/mol. The molecule has 0 saturated heterocycles. The SMILES string of the molecule is COC(=O)c1ccc(COC(=O)COc2ccccc2C#N)cc1. The Hall–Kier alpha value is -3.33. The molecule has 2 aromatic rings. The second-order valence-corrected chi connectivity index (χ2v) is 4.75. The zero-order valence-electron chi connectivity index (χ0n) is 13.0. The van der Waals surface area contributed by atoms with E-state index < -0.39 is 11.9 Å². The van der Waals surface area contributed by atoms with Crippen LogP contribution in [0.1, 0.15) is 21.5 Å². The van der Waals surface area contributed by atoms with Crippen LogP contribution in [-0.4, -0.2) is 25.7 Å². The van der Waals surface area contributed by atoms with Gasteiger partial charge in [0.25, 0.3) is 0 Å². The Bertz CT molecular complexity index is 762. The van der Waals surface area contributed by atoms with E-state index in [1.54, 1.807) is 48.5 Å². The molecule has 0 unspecified atom stereocenters. The number of hydrogen-bond acceptors (Lipinski definition) is 6. The number of nitriles is 1. The molecule has 0 aliphatic heterocycles. The van der Waals surface area contributed by atoms with Gasteiger partial charge in [0.05, 0.1) is 18.2 Å². The molecule has 0 aliphatic carbocycles. The Morgan fingerprint density at radius 3 is 2.46 bits per heavy atom. The molecule has 2 rings (SSSR count). The lowest BCUT2D eigenvalue weighted by Crippen LogP contribution is -2.15.